The molecule has 0 atom stereocenters. The molecule has 3 heteroatoms. The van der Waals surface area contributed by atoms with Gasteiger partial charge in [-0.1, -0.05) is 55.8 Å². The number of rotatable bonds is 2. The molecular formula is C16H21NOS. The minimum absolute atomic E-state index is 0.211. The first kappa shape index (κ1) is 12.9. The van der Waals surface area contributed by atoms with E-state index in [0.717, 1.165) is 16.6 Å². The predicted molar refractivity (Wildman–Crippen MR) is 81.9 cm³/mol. The van der Waals surface area contributed by atoms with E-state index in [4.69, 9.17) is 0 Å². The summed E-state index contributed by atoms with van der Waals surface area (Å²) in [4.78, 5) is 12.3. The zero-order valence-electron chi connectivity index (χ0n) is 11.3. The third-order valence-electron chi connectivity index (χ3n) is 4.20. The highest BCUT2D eigenvalue weighted by atomic mass is 32.1. The highest BCUT2D eigenvalue weighted by molar-refractivity contribution is 7.13. The summed E-state index contributed by atoms with van der Waals surface area (Å²) in [5.74, 6) is 0.700. The minimum atomic E-state index is 0.211. The molecule has 1 aromatic heterocycles. The van der Waals surface area contributed by atoms with Crippen LogP contribution in [-0.2, 0) is 6.54 Å². The standard InChI is InChI=1S/C16H21NOS/c18-16-14-10-6-7-11-15(14)19-17(16)12-13-8-4-2-1-3-5-9-13/h6-7,10-11,13H,1-5,8-9,12H2. The van der Waals surface area contributed by atoms with Crippen molar-refractivity contribution in [3.63, 3.8) is 0 Å². The summed E-state index contributed by atoms with van der Waals surface area (Å²) < 4.78 is 3.11. The van der Waals surface area contributed by atoms with Gasteiger partial charge >= 0.3 is 0 Å². The molecule has 2 aromatic rings. The van der Waals surface area contributed by atoms with Gasteiger partial charge in [-0.05, 0) is 30.9 Å². The number of nitrogens with zero attached hydrogens (tertiary/aromatic N) is 1. The van der Waals surface area contributed by atoms with E-state index in [1.807, 2.05) is 22.2 Å². The zero-order valence-corrected chi connectivity index (χ0v) is 12.1. The van der Waals surface area contributed by atoms with Crippen LogP contribution in [0.15, 0.2) is 29.1 Å². The first-order chi connectivity index (χ1) is 9.34. The van der Waals surface area contributed by atoms with Gasteiger partial charge in [-0.15, -0.1) is 0 Å². The molecule has 19 heavy (non-hydrogen) atoms. The maximum Gasteiger partial charge on any atom is 0.268 e. The van der Waals surface area contributed by atoms with Crippen LogP contribution in [0.3, 0.4) is 0 Å². The number of hydrogen-bond donors (Lipinski definition) is 0. The van der Waals surface area contributed by atoms with E-state index in [9.17, 15) is 4.79 Å². The lowest BCUT2D eigenvalue weighted by molar-refractivity contribution is 0.344. The van der Waals surface area contributed by atoms with Gasteiger partial charge in [0.25, 0.3) is 5.56 Å². The SMILES string of the molecule is O=c1c2ccccc2sn1CC1CCCCCCC1. The van der Waals surface area contributed by atoms with Crippen molar-refractivity contribution in [2.45, 2.75) is 51.5 Å². The van der Waals surface area contributed by atoms with Crippen LogP contribution in [0.2, 0.25) is 0 Å². The van der Waals surface area contributed by atoms with Crippen LogP contribution in [-0.4, -0.2) is 3.96 Å². The van der Waals surface area contributed by atoms with Crippen molar-refractivity contribution < 1.29 is 0 Å². The van der Waals surface area contributed by atoms with E-state index in [1.54, 1.807) is 11.5 Å². The predicted octanol–water partition coefficient (Wildman–Crippen LogP) is 4.42. The molecule has 1 heterocycles. The number of hydrogen-bond acceptors (Lipinski definition) is 2. The van der Waals surface area contributed by atoms with Crippen molar-refractivity contribution in [2.24, 2.45) is 5.92 Å². The van der Waals surface area contributed by atoms with Gasteiger partial charge in [0, 0.05) is 6.54 Å². The van der Waals surface area contributed by atoms with E-state index in [0.29, 0.717) is 5.92 Å². The molecule has 1 saturated carbocycles. The maximum absolute atomic E-state index is 12.3. The topological polar surface area (TPSA) is 22.0 Å². The van der Waals surface area contributed by atoms with Gasteiger partial charge in [0.1, 0.15) is 0 Å². The molecule has 0 spiro atoms. The molecule has 0 unspecified atom stereocenters. The highest BCUT2D eigenvalue weighted by Gasteiger charge is 2.15. The number of fused-ring (bicyclic) bond motifs is 1. The summed E-state index contributed by atoms with van der Waals surface area (Å²) in [6, 6.07) is 7.97. The van der Waals surface area contributed by atoms with Gasteiger partial charge in [-0.25, -0.2) is 0 Å². The smallest absolute Gasteiger partial charge is 0.268 e. The molecule has 102 valence electrons. The first-order valence-corrected chi connectivity index (χ1v) is 8.21. The highest BCUT2D eigenvalue weighted by Crippen LogP contribution is 2.25. The van der Waals surface area contributed by atoms with E-state index in [1.165, 1.54) is 44.9 Å². The van der Waals surface area contributed by atoms with Gasteiger partial charge < -0.3 is 0 Å². The molecule has 0 radical (unpaired) electrons. The Bertz CT molecular complexity index is 590. The summed E-state index contributed by atoms with van der Waals surface area (Å²) in [6.45, 7) is 0.929. The Morgan fingerprint density at radius 3 is 2.47 bits per heavy atom. The molecule has 0 amide bonds. The van der Waals surface area contributed by atoms with Gasteiger partial charge in [0.15, 0.2) is 0 Å². The maximum atomic E-state index is 12.3. The molecule has 3 rings (SSSR count). The Labute approximate surface area is 118 Å². The molecule has 1 aliphatic carbocycles. The summed E-state index contributed by atoms with van der Waals surface area (Å²) >= 11 is 1.63. The third-order valence-corrected chi connectivity index (χ3v) is 5.29. The van der Waals surface area contributed by atoms with Gasteiger partial charge in [-0.2, -0.15) is 0 Å². The molecule has 2 nitrogen and oxygen atoms in total. The summed E-state index contributed by atoms with van der Waals surface area (Å²) in [6.07, 6.45) is 9.40. The molecule has 0 aliphatic heterocycles. The molecular weight excluding hydrogens is 254 g/mol. The Morgan fingerprint density at radius 2 is 1.74 bits per heavy atom. The van der Waals surface area contributed by atoms with Crippen LogP contribution in [0.25, 0.3) is 10.1 Å². The Hall–Kier alpha value is -1.09. The molecule has 0 saturated heterocycles. The molecule has 0 bridgehead atoms. The molecule has 1 aromatic carbocycles. The van der Waals surface area contributed by atoms with E-state index in [2.05, 4.69) is 6.07 Å². The fraction of sp³-hybridized carbons (Fsp3) is 0.562. The van der Waals surface area contributed by atoms with E-state index in [-0.39, 0.29) is 5.56 Å². The van der Waals surface area contributed by atoms with Crippen LogP contribution in [0.1, 0.15) is 44.9 Å². The third kappa shape index (κ3) is 2.92. The van der Waals surface area contributed by atoms with E-state index >= 15 is 0 Å². The quantitative estimate of drug-likeness (QED) is 0.795. The van der Waals surface area contributed by atoms with Crippen molar-refractivity contribution in [1.29, 1.82) is 0 Å². The summed E-state index contributed by atoms with van der Waals surface area (Å²) in [5.41, 5.74) is 0.211. The molecule has 1 fully saturated rings. The molecule has 1 aliphatic rings. The lowest BCUT2D eigenvalue weighted by Gasteiger charge is -2.19. The van der Waals surface area contributed by atoms with Crippen molar-refractivity contribution in [3.05, 3.63) is 34.6 Å². The number of aromatic nitrogens is 1. The van der Waals surface area contributed by atoms with Gasteiger partial charge in [0.05, 0.1) is 10.1 Å². The largest absolute Gasteiger partial charge is 0.268 e. The van der Waals surface area contributed by atoms with Crippen molar-refractivity contribution in [3.8, 4) is 0 Å². The lowest BCUT2D eigenvalue weighted by Crippen LogP contribution is -2.19. The van der Waals surface area contributed by atoms with Crippen molar-refractivity contribution >= 4 is 21.6 Å². The van der Waals surface area contributed by atoms with Crippen LogP contribution in [0, 0.1) is 5.92 Å². The fourth-order valence-corrected chi connectivity index (χ4v) is 4.19. The Balaban J connectivity index is 1.80. The average molecular weight is 275 g/mol. The normalized spacial score (nSPS) is 18.3. The lowest BCUT2D eigenvalue weighted by atomic mass is 9.91. The fourth-order valence-electron chi connectivity index (χ4n) is 3.10. The van der Waals surface area contributed by atoms with Crippen LogP contribution < -0.4 is 5.56 Å². The zero-order chi connectivity index (χ0) is 13.1. The van der Waals surface area contributed by atoms with Crippen LogP contribution >= 0.6 is 11.5 Å². The minimum Gasteiger partial charge on any atom is -0.268 e. The van der Waals surface area contributed by atoms with Gasteiger partial charge in [0.2, 0.25) is 0 Å². The Morgan fingerprint density at radius 1 is 1.05 bits per heavy atom. The van der Waals surface area contributed by atoms with Crippen molar-refractivity contribution in [2.75, 3.05) is 0 Å². The molecule has 0 N–H and O–H groups in total. The second-order valence-corrected chi connectivity index (χ2v) is 6.73. The summed E-state index contributed by atoms with van der Waals surface area (Å²) in [5, 5.41) is 0.887. The van der Waals surface area contributed by atoms with Crippen LogP contribution in [0.4, 0.5) is 0 Å². The summed E-state index contributed by atoms with van der Waals surface area (Å²) in [7, 11) is 0. The monoisotopic (exact) mass is 275 g/mol. The van der Waals surface area contributed by atoms with Gasteiger partial charge in [-0.3, -0.25) is 8.75 Å². The number of benzene rings is 1. The average Bonchev–Trinajstić information content (AvgIpc) is 2.70. The van der Waals surface area contributed by atoms with E-state index < -0.39 is 0 Å². The van der Waals surface area contributed by atoms with Crippen LogP contribution in [0.5, 0.6) is 0 Å². The first-order valence-electron chi connectivity index (χ1n) is 7.43. The second-order valence-electron chi connectivity index (χ2n) is 5.66. The van der Waals surface area contributed by atoms with Crippen molar-refractivity contribution in [1.82, 2.24) is 3.96 Å². The second kappa shape index (κ2) is 5.91. The Kier molecular flexibility index (Phi) is 4.02.